The summed E-state index contributed by atoms with van der Waals surface area (Å²) in [6, 6.07) is 0. The molecular formula is C18H20O5. The Bertz CT molecular complexity index is 704. The average molecular weight is 316 g/mol. The summed E-state index contributed by atoms with van der Waals surface area (Å²) in [5.41, 5.74) is 2.47. The molecule has 122 valence electrons. The third kappa shape index (κ3) is 2.50. The number of methoxy groups -OCH3 is 1. The Morgan fingerprint density at radius 1 is 1.43 bits per heavy atom. The van der Waals surface area contributed by atoms with Crippen LogP contribution in [0.1, 0.15) is 53.2 Å². The number of carbonyl (C=O) groups is 2. The predicted molar refractivity (Wildman–Crippen MR) is 84.8 cm³/mol. The highest BCUT2D eigenvalue weighted by Crippen LogP contribution is 2.47. The number of fused-ring (bicyclic) bond motifs is 3. The molecule has 5 nitrogen and oxygen atoms in total. The lowest BCUT2D eigenvalue weighted by atomic mass is 9.90. The molecule has 5 heteroatoms. The highest BCUT2D eigenvalue weighted by molar-refractivity contribution is 5.99. The summed E-state index contributed by atoms with van der Waals surface area (Å²) in [4.78, 5) is 22.7. The molecule has 1 unspecified atom stereocenters. The average Bonchev–Trinajstić information content (AvgIpc) is 2.91. The van der Waals surface area contributed by atoms with E-state index in [0.717, 1.165) is 29.4 Å². The lowest BCUT2D eigenvalue weighted by Crippen LogP contribution is -2.33. The van der Waals surface area contributed by atoms with E-state index in [9.17, 15) is 9.59 Å². The number of aldehydes is 1. The number of rotatable bonds is 5. The lowest BCUT2D eigenvalue weighted by molar-refractivity contribution is -0.108. The molecule has 0 aliphatic carbocycles. The monoisotopic (exact) mass is 316 g/mol. The summed E-state index contributed by atoms with van der Waals surface area (Å²) in [6.07, 6.45) is 6.74. The number of benzene rings is 1. The molecule has 1 aromatic carbocycles. The Kier molecular flexibility index (Phi) is 3.88. The molecule has 1 atom stereocenters. The van der Waals surface area contributed by atoms with Crippen molar-refractivity contribution in [2.24, 2.45) is 0 Å². The molecule has 2 aliphatic heterocycles. The van der Waals surface area contributed by atoms with Crippen LogP contribution in [-0.2, 0) is 16.1 Å². The summed E-state index contributed by atoms with van der Waals surface area (Å²) in [7, 11) is 1.61. The van der Waals surface area contributed by atoms with E-state index in [1.807, 2.05) is 26.0 Å². The van der Waals surface area contributed by atoms with Gasteiger partial charge in [0.2, 0.25) is 0 Å². The van der Waals surface area contributed by atoms with Gasteiger partial charge in [0.25, 0.3) is 0 Å². The van der Waals surface area contributed by atoms with Crippen LogP contribution < -0.4 is 9.47 Å². The van der Waals surface area contributed by atoms with Crippen molar-refractivity contribution >= 4 is 18.3 Å². The van der Waals surface area contributed by atoms with E-state index in [1.165, 1.54) is 0 Å². The molecule has 0 N–H and O–H groups in total. The SMILES string of the molecule is COc1c(C)c2c(c3c1C=CC(C)(CCCC=O)O3)C(=O)OC2. The van der Waals surface area contributed by atoms with E-state index < -0.39 is 5.60 Å². The first-order valence-electron chi connectivity index (χ1n) is 7.73. The van der Waals surface area contributed by atoms with Gasteiger partial charge < -0.3 is 19.0 Å². The molecule has 0 saturated carbocycles. The maximum atomic E-state index is 12.1. The Morgan fingerprint density at radius 2 is 2.22 bits per heavy atom. The first-order chi connectivity index (χ1) is 11.0. The van der Waals surface area contributed by atoms with Gasteiger partial charge in [-0.25, -0.2) is 4.79 Å². The van der Waals surface area contributed by atoms with Gasteiger partial charge in [-0.15, -0.1) is 0 Å². The second kappa shape index (κ2) is 5.72. The third-order valence-corrected chi connectivity index (χ3v) is 4.50. The van der Waals surface area contributed by atoms with Crippen LogP contribution in [0.15, 0.2) is 6.08 Å². The third-order valence-electron chi connectivity index (χ3n) is 4.50. The zero-order valence-corrected chi connectivity index (χ0v) is 13.6. The van der Waals surface area contributed by atoms with E-state index in [0.29, 0.717) is 29.9 Å². The van der Waals surface area contributed by atoms with E-state index in [4.69, 9.17) is 14.2 Å². The summed E-state index contributed by atoms with van der Waals surface area (Å²) in [6.45, 7) is 4.13. The summed E-state index contributed by atoms with van der Waals surface area (Å²) in [5.74, 6) is 0.886. The second-order valence-corrected chi connectivity index (χ2v) is 6.14. The minimum atomic E-state index is -0.549. The molecule has 0 radical (unpaired) electrons. The van der Waals surface area contributed by atoms with Gasteiger partial charge in [-0.05, 0) is 44.4 Å². The van der Waals surface area contributed by atoms with Crippen LogP contribution in [0.3, 0.4) is 0 Å². The van der Waals surface area contributed by atoms with Crippen molar-refractivity contribution in [2.75, 3.05) is 7.11 Å². The fraction of sp³-hybridized carbons (Fsp3) is 0.444. The minimum Gasteiger partial charge on any atom is -0.496 e. The van der Waals surface area contributed by atoms with Crippen molar-refractivity contribution < 1.29 is 23.8 Å². The zero-order chi connectivity index (χ0) is 16.6. The Labute approximate surface area is 135 Å². The van der Waals surface area contributed by atoms with Gasteiger partial charge in [0.15, 0.2) is 0 Å². The van der Waals surface area contributed by atoms with Crippen molar-refractivity contribution in [1.82, 2.24) is 0 Å². The molecule has 0 fully saturated rings. The van der Waals surface area contributed by atoms with Crippen LogP contribution in [0, 0.1) is 6.92 Å². The molecule has 0 spiro atoms. The molecule has 3 rings (SSSR count). The maximum absolute atomic E-state index is 12.1. The summed E-state index contributed by atoms with van der Waals surface area (Å²) in [5, 5.41) is 0. The van der Waals surface area contributed by atoms with Gasteiger partial charge in [-0.2, -0.15) is 0 Å². The second-order valence-electron chi connectivity index (χ2n) is 6.14. The van der Waals surface area contributed by atoms with Gasteiger partial charge in [-0.1, -0.05) is 0 Å². The number of hydrogen-bond donors (Lipinski definition) is 0. The van der Waals surface area contributed by atoms with Crippen LogP contribution in [-0.4, -0.2) is 25.0 Å². The number of unbranched alkanes of at least 4 members (excludes halogenated alkanes) is 1. The minimum absolute atomic E-state index is 0.249. The van der Waals surface area contributed by atoms with Crippen molar-refractivity contribution in [1.29, 1.82) is 0 Å². The zero-order valence-electron chi connectivity index (χ0n) is 13.6. The Morgan fingerprint density at radius 3 is 2.91 bits per heavy atom. The number of esters is 1. The van der Waals surface area contributed by atoms with Gasteiger partial charge in [0.05, 0.1) is 12.7 Å². The quantitative estimate of drug-likeness (QED) is 0.474. The highest BCUT2D eigenvalue weighted by atomic mass is 16.5. The van der Waals surface area contributed by atoms with Crippen LogP contribution in [0.2, 0.25) is 0 Å². The van der Waals surface area contributed by atoms with E-state index >= 15 is 0 Å². The van der Waals surface area contributed by atoms with Crippen molar-refractivity contribution in [2.45, 2.75) is 45.3 Å². The first-order valence-corrected chi connectivity index (χ1v) is 7.73. The number of ether oxygens (including phenoxy) is 3. The molecular weight excluding hydrogens is 296 g/mol. The topological polar surface area (TPSA) is 61.8 Å². The van der Waals surface area contributed by atoms with Gasteiger partial charge in [0.1, 0.15) is 35.6 Å². The molecule has 1 aromatic rings. The smallest absolute Gasteiger partial charge is 0.342 e. The molecule has 0 saturated heterocycles. The van der Waals surface area contributed by atoms with E-state index in [2.05, 4.69) is 0 Å². The predicted octanol–water partition coefficient (Wildman–Crippen LogP) is 3.21. The number of carbonyl (C=O) groups excluding carboxylic acids is 2. The largest absolute Gasteiger partial charge is 0.496 e. The van der Waals surface area contributed by atoms with E-state index in [-0.39, 0.29) is 12.6 Å². The lowest BCUT2D eigenvalue weighted by Gasteiger charge is -2.33. The summed E-state index contributed by atoms with van der Waals surface area (Å²) < 4.78 is 16.9. The molecule has 0 aromatic heterocycles. The fourth-order valence-electron chi connectivity index (χ4n) is 3.23. The number of hydrogen-bond acceptors (Lipinski definition) is 5. The van der Waals surface area contributed by atoms with Gasteiger partial charge in [-0.3, -0.25) is 0 Å². The van der Waals surface area contributed by atoms with Crippen molar-refractivity contribution in [3.63, 3.8) is 0 Å². The number of cyclic esters (lactones) is 1. The molecule has 0 bridgehead atoms. The van der Waals surface area contributed by atoms with Crippen LogP contribution in [0.4, 0.5) is 0 Å². The Balaban J connectivity index is 2.07. The first kappa shape index (κ1) is 15.6. The normalized spacial score (nSPS) is 21.3. The maximum Gasteiger partial charge on any atom is 0.342 e. The standard InChI is InChI=1S/C18H20O5/c1-11-13-10-22-17(20)14(13)16-12(15(11)21-3)6-8-18(2,23-16)7-4-5-9-19/h6,8-9H,4-5,7,10H2,1-3H3. The molecule has 2 heterocycles. The van der Waals surface area contributed by atoms with Crippen LogP contribution in [0.5, 0.6) is 11.5 Å². The summed E-state index contributed by atoms with van der Waals surface area (Å²) >= 11 is 0. The fourth-order valence-corrected chi connectivity index (χ4v) is 3.23. The molecule has 0 amide bonds. The highest BCUT2D eigenvalue weighted by Gasteiger charge is 2.37. The Hall–Kier alpha value is -2.30. The van der Waals surface area contributed by atoms with Gasteiger partial charge >= 0.3 is 5.97 Å². The molecule has 2 aliphatic rings. The van der Waals surface area contributed by atoms with Crippen LogP contribution >= 0.6 is 0 Å². The van der Waals surface area contributed by atoms with Crippen molar-refractivity contribution in [3.05, 3.63) is 28.3 Å². The van der Waals surface area contributed by atoms with Gasteiger partial charge in [0, 0.05) is 12.0 Å². The van der Waals surface area contributed by atoms with Crippen molar-refractivity contribution in [3.8, 4) is 11.5 Å². The van der Waals surface area contributed by atoms with E-state index in [1.54, 1.807) is 7.11 Å². The molecule has 23 heavy (non-hydrogen) atoms. The van der Waals surface area contributed by atoms with Crippen LogP contribution in [0.25, 0.3) is 6.08 Å².